The number of nitrogens with one attached hydrogen (secondary N) is 1. The molecule has 0 saturated carbocycles. The lowest BCUT2D eigenvalue weighted by Gasteiger charge is -2.08. The van der Waals surface area contributed by atoms with Crippen LogP contribution < -0.4 is 5.32 Å². The van der Waals surface area contributed by atoms with E-state index in [1.807, 2.05) is 18.3 Å². The summed E-state index contributed by atoms with van der Waals surface area (Å²) in [4.78, 5) is 12.8. The molecule has 0 aliphatic rings. The summed E-state index contributed by atoms with van der Waals surface area (Å²) < 4.78 is 0.979. The van der Waals surface area contributed by atoms with E-state index in [9.17, 15) is 0 Å². The van der Waals surface area contributed by atoms with E-state index in [1.165, 1.54) is 0 Å². The lowest BCUT2D eigenvalue weighted by molar-refractivity contribution is 0.774. The highest BCUT2D eigenvalue weighted by Gasteiger charge is 2.03. The van der Waals surface area contributed by atoms with Crippen molar-refractivity contribution in [3.05, 3.63) is 46.6 Å². The third-order valence-corrected chi connectivity index (χ3v) is 2.86. The van der Waals surface area contributed by atoms with Crippen molar-refractivity contribution in [3.63, 3.8) is 0 Å². The van der Waals surface area contributed by atoms with Gasteiger partial charge in [-0.3, -0.25) is 4.98 Å². The minimum absolute atomic E-state index is 0.333. The molecule has 1 N–H and O–H groups in total. The number of aromatic nitrogens is 3. The Hall–Kier alpha value is -1.49. The summed E-state index contributed by atoms with van der Waals surface area (Å²) >= 11 is 3.40. The Bertz CT molecular complexity index is 528. The van der Waals surface area contributed by atoms with E-state index in [4.69, 9.17) is 0 Å². The van der Waals surface area contributed by atoms with Crippen molar-refractivity contribution >= 4 is 21.7 Å². The zero-order valence-corrected chi connectivity index (χ0v) is 12.0. The Labute approximate surface area is 115 Å². The number of rotatable bonds is 4. The highest BCUT2D eigenvalue weighted by atomic mass is 79.9. The van der Waals surface area contributed by atoms with E-state index in [2.05, 4.69) is 50.0 Å². The molecule has 0 aliphatic heterocycles. The van der Waals surface area contributed by atoms with E-state index in [-0.39, 0.29) is 0 Å². The van der Waals surface area contributed by atoms with Gasteiger partial charge in [0.1, 0.15) is 11.6 Å². The minimum Gasteiger partial charge on any atom is -0.366 e. The normalized spacial score (nSPS) is 10.7. The smallest absolute Gasteiger partial charge is 0.133 e. The van der Waals surface area contributed by atoms with Gasteiger partial charge in [-0.15, -0.1) is 0 Å². The molecule has 0 amide bonds. The fraction of sp³-hybridized carbons (Fsp3) is 0.308. The summed E-state index contributed by atoms with van der Waals surface area (Å²) in [7, 11) is 0. The Morgan fingerprint density at radius 2 is 2.17 bits per heavy atom. The van der Waals surface area contributed by atoms with E-state index in [0.717, 1.165) is 21.7 Å². The monoisotopic (exact) mass is 306 g/mol. The van der Waals surface area contributed by atoms with Crippen LogP contribution in [0.5, 0.6) is 0 Å². The first-order valence-electron chi connectivity index (χ1n) is 5.81. The second kappa shape index (κ2) is 5.91. The van der Waals surface area contributed by atoms with Crippen LogP contribution in [-0.2, 0) is 6.54 Å². The van der Waals surface area contributed by atoms with E-state index in [0.29, 0.717) is 12.5 Å². The van der Waals surface area contributed by atoms with Gasteiger partial charge in [-0.25, -0.2) is 9.97 Å². The van der Waals surface area contributed by atoms with Crippen LogP contribution in [0.25, 0.3) is 0 Å². The van der Waals surface area contributed by atoms with E-state index >= 15 is 0 Å². The maximum absolute atomic E-state index is 4.46. The average Bonchev–Trinajstić information content (AvgIpc) is 2.37. The van der Waals surface area contributed by atoms with E-state index in [1.54, 1.807) is 12.4 Å². The summed E-state index contributed by atoms with van der Waals surface area (Å²) in [5.41, 5.74) is 1.11. The SMILES string of the molecule is CC(C)c1nccc(NCc2cncc(Br)c2)n1. The highest BCUT2D eigenvalue weighted by molar-refractivity contribution is 9.10. The minimum atomic E-state index is 0.333. The topological polar surface area (TPSA) is 50.7 Å². The highest BCUT2D eigenvalue weighted by Crippen LogP contribution is 2.13. The quantitative estimate of drug-likeness (QED) is 0.941. The summed E-state index contributed by atoms with van der Waals surface area (Å²) in [6, 6.07) is 3.90. The van der Waals surface area contributed by atoms with Crippen molar-refractivity contribution in [3.8, 4) is 0 Å². The molecule has 4 nitrogen and oxygen atoms in total. The molecule has 0 fully saturated rings. The summed E-state index contributed by atoms with van der Waals surface area (Å²) in [6.07, 6.45) is 5.39. The second-order valence-corrected chi connectivity index (χ2v) is 5.24. The van der Waals surface area contributed by atoms with Gasteiger partial charge in [-0.05, 0) is 33.6 Å². The van der Waals surface area contributed by atoms with Crippen molar-refractivity contribution < 1.29 is 0 Å². The van der Waals surface area contributed by atoms with E-state index < -0.39 is 0 Å². The lowest BCUT2D eigenvalue weighted by Crippen LogP contribution is -2.05. The standard InChI is InChI=1S/C13H15BrN4/c1-9(2)13-16-4-3-12(18-13)17-7-10-5-11(14)8-15-6-10/h3-6,8-9H,7H2,1-2H3,(H,16,17,18). The molecule has 0 unspecified atom stereocenters. The van der Waals surface area contributed by atoms with Gasteiger partial charge in [0, 0.05) is 35.5 Å². The Balaban J connectivity index is 2.04. The van der Waals surface area contributed by atoms with Gasteiger partial charge in [0.2, 0.25) is 0 Å². The number of nitrogens with zero attached hydrogens (tertiary/aromatic N) is 3. The maximum Gasteiger partial charge on any atom is 0.133 e. The number of halogens is 1. The summed E-state index contributed by atoms with van der Waals surface area (Å²) in [6.45, 7) is 4.86. The number of pyridine rings is 1. The maximum atomic E-state index is 4.46. The van der Waals surface area contributed by atoms with Crippen LogP contribution in [0.1, 0.15) is 31.2 Å². The van der Waals surface area contributed by atoms with Crippen molar-refractivity contribution in [1.82, 2.24) is 15.0 Å². The molecule has 0 bridgehead atoms. The van der Waals surface area contributed by atoms with Crippen LogP contribution >= 0.6 is 15.9 Å². The Morgan fingerprint density at radius 3 is 2.89 bits per heavy atom. The van der Waals surface area contributed by atoms with Gasteiger partial charge in [-0.2, -0.15) is 0 Å². The molecule has 0 aliphatic carbocycles. The first kappa shape index (κ1) is 13.0. The molecular weight excluding hydrogens is 292 g/mol. The first-order valence-corrected chi connectivity index (χ1v) is 6.60. The zero-order chi connectivity index (χ0) is 13.0. The third kappa shape index (κ3) is 3.50. The predicted octanol–water partition coefficient (Wildman–Crippen LogP) is 3.37. The van der Waals surface area contributed by atoms with Crippen molar-refractivity contribution in [1.29, 1.82) is 0 Å². The average molecular weight is 307 g/mol. The van der Waals surface area contributed by atoms with Crippen LogP contribution in [0.2, 0.25) is 0 Å². The molecule has 2 heterocycles. The Morgan fingerprint density at radius 1 is 1.33 bits per heavy atom. The number of anilines is 1. The fourth-order valence-electron chi connectivity index (χ4n) is 1.50. The van der Waals surface area contributed by atoms with Crippen LogP contribution in [0.3, 0.4) is 0 Å². The molecule has 0 aromatic carbocycles. The van der Waals surface area contributed by atoms with Gasteiger partial charge in [0.05, 0.1) is 0 Å². The van der Waals surface area contributed by atoms with Crippen LogP contribution in [-0.4, -0.2) is 15.0 Å². The van der Waals surface area contributed by atoms with Crippen molar-refractivity contribution in [2.24, 2.45) is 0 Å². The second-order valence-electron chi connectivity index (χ2n) is 4.32. The Kier molecular flexibility index (Phi) is 4.25. The molecule has 0 radical (unpaired) electrons. The largest absolute Gasteiger partial charge is 0.366 e. The molecule has 0 saturated heterocycles. The lowest BCUT2D eigenvalue weighted by atomic mass is 10.2. The number of hydrogen-bond donors (Lipinski definition) is 1. The fourth-order valence-corrected chi connectivity index (χ4v) is 1.91. The molecule has 0 spiro atoms. The summed E-state index contributed by atoms with van der Waals surface area (Å²) in [5, 5.41) is 3.27. The predicted molar refractivity (Wildman–Crippen MR) is 75.4 cm³/mol. The third-order valence-electron chi connectivity index (χ3n) is 2.43. The van der Waals surface area contributed by atoms with Gasteiger partial charge in [0.25, 0.3) is 0 Å². The zero-order valence-electron chi connectivity index (χ0n) is 10.4. The molecule has 94 valence electrons. The van der Waals surface area contributed by atoms with Crippen molar-refractivity contribution in [2.45, 2.75) is 26.3 Å². The molecule has 2 aromatic heterocycles. The molecular formula is C13H15BrN4. The molecule has 0 atom stereocenters. The van der Waals surface area contributed by atoms with Gasteiger partial charge < -0.3 is 5.32 Å². The van der Waals surface area contributed by atoms with Crippen LogP contribution in [0.15, 0.2) is 35.2 Å². The van der Waals surface area contributed by atoms with Crippen LogP contribution in [0.4, 0.5) is 5.82 Å². The van der Waals surface area contributed by atoms with Gasteiger partial charge in [-0.1, -0.05) is 13.8 Å². The van der Waals surface area contributed by atoms with Gasteiger partial charge in [0.15, 0.2) is 0 Å². The number of hydrogen-bond acceptors (Lipinski definition) is 4. The van der Waals surface area contributed by atoms with Crippen LogP contribution in [0, 0.1) is 0 Å². The first-order chi connectivity index (χ1) is 8.65. The molecule has 18 heavy (non-hydrogen) atoms. The summed E-state index contributed by atoms with van der Waals surface area (Å²) in [5.74, 6) is 2.03. The molecule has 5 heteroatoms. The molecule has 2 aromatic rings. The van der Waals surface area contributed by atoms with Gasteiger partial charge >= 0.3 is 0 Å². The molecule has 2 rings (SSSR count). The van der Waals surface area contributed by atoms with Crippen molar-refractivity contribution in [2.75, 3.05) is 5.32 Å².